The molecule has 0 amide bonds. The fraction of sp³-hybridized carbons (Fsp3) is 0.308. The molecule has 3 heterocycles. The first-order valence-corrected chi connectivity index (χ1v) is 6.49. The van der Waals surface area contributed by atoms with Gasteiger partial charge in [0.2, 0.25) is 0 Å². The van der Waals surface area contributed by atoms with E-state index in [2.05, 4.69) is 24.8 Å². The zero-order valence-electron chi connectivity index (χ0n) is 11.0. The normalized spacial score (nSPS) is 15.4. The molecular formula is C13H16N6O. The number of piperazine rings is 1. The minimum absolute atomic E-state index is 0.133. The van der Waals surface area contributed by atoms with Crippen LogP contribution in [0.4, 0.5) is 17.3 Å². The molecule has 3 N–H and O–H groups in total. The average Bonchev–Trinajstić information content (AvgIpc) is 2.48. The van der Waals surface area contributed by atoms with Crippen molar-refractivity contribution in [1.29, 1.82) is 0 Å². The quantitative estimate of drug-likeness (QED) is 0.804. The summed E-state index contributed by atoms with van der Waals surface area (Å²) in [4.78, 5) is 26.6. The second kappa shape index (κ2) is 5.20. The number of nitrogen functional groups attached to an aromatic ring is 1. The van der Waals surface area contributed by atoms with Gasteiger partial charge in [0.25, 0.3) is 5.56 Å². The Kier molecular flexibility index (Phi) is 3.24. The molecule has 0 spiro atoms. The topological polar surface area (TPSA) is 91.1 Å². The van der Waals surface area contributed by atoms with Crippen molar-refractivity contribution in [3.63, 3.8) is 0 Å². The molecule has 0 atom stereocenters. The molecule has 0 aromatic carbocycles. The lowest BCUT2D eigenvalue weighted by Crippen LogP contribution is -2.47. The van der Waals surface area contributed by atoms with Gasteiger partial charge in [0.1, 0.15) is 5.82 Å². The molecule has 2 aromatic heterocycles. The third-order valence-corrected chi connectivity index (χ3v) is 3.38. The number of hydrogen-bond donors (Lipinski definition) is 2. The number of H-pyrrole nitrogens is 1. The van der Waals surface area contributed by atoms with Crippen LogP contribution in [0.2, 0.25) is 0 Å². The van der Waals surface area contributed by atoms with Crippen LogP contribution in [0.5, 0.6) is 0 Å². The van der Waals surface area contributed by atoms with Crippen molar-refractivity contribution in [2.45, 2.75) is 0 Å². The van der Waals surface area contributed by atoms with E-state index in [9.17, 15) is 4.79 Å². The molecule has 1 aliphatic rings. The molecule has 7 heteroatoms. The van der Waals surface area contributed by atoms with Crippen molar-refractivity contribution in [3.05, 3.63) is 41.1 Å². The molecule has 0 unspecified atom stereocenters. The van der Waals surface area contributed by atoms with Crippen LogP contribution in [0.3, 0.4) is 0 Å². The number of hydrogen-bond acceptors (Lipinski definition) is 6. The van der Waals surface area contributed by atoms with Gasteiger partial charge >= 0.3 is 0 Å². The first kappa shape index (κ1) is 12.5. The van der Waals surface area contributed by atoms with E-state index in [1.54, 1.807) is 6.20 Å². The lowest BCUT2D eigenvalue weighted by atomic mass is 10.3. The Morgan fingerprint density at radius 3 is 2.60 bits per heavy atom. The van der Waals surface area contributed by atoms with Gasteiger partial charge in [-0.25, -0.2) is 9.97 Å². The molecule has 20 heavy (non-hydrogen) atoms. The molecule has 2 aromatic rings. The van der Waals surface area contributed by atoms with Crippen LogP contribution in [-0.2, 0) is 0 Å². The SMILES string of the molecule is Nc1cccnc1N1CCN(c2cc(=O)[nH]cn2)CC1. The van der Waals surface area contributed by atoms with Crippen molar-refractivity contribution in [2.75, 3.05) is 41.7 Å². The van der Waals surface area contributed by atoms with E-state index in [-0.39, 0.29) is 5.56 Å². The first-order chi connectivity index (χ1) is 9.74. The lowest BCUT2D eigenvalue weighted by Gasteiger charge is -2.36. The van der Waals surface area contributed by atoms with Crippen molar-refractivity contribution >= 4 is 17.3 Å². The molecule has 7 nitrogen and oxygen atoms in total. The zero-order chi connectivity index (χ0) is 13.9. The second-order valence-corrected chi connectivity index (χ2v) is 4.66. The Balaban J connectivity index is 1.71. The van der Waals surface area contributed by atoms with Crippen molar-refractivity contribution in [3.8, 4) is 0 Å². The highest BCUT2D eigenvalue weighted by Crippen LogP contribution is 2.21. The fourth-order valence-corrected chi connectivity index (χ4v) is 2.35. The van der Waals surface area contributed by atoms with E-state index in [1.165, 1.54) is 12.4 Å². The fourth-order valence-electron chi connectivity index (χ4n) is 2.35. The summed E-state index contributed by atoms with van der Waals surface area (Å²) < 4.78 is 0. The largest absolute Gasteiger partial charge is 0.396 e. The van der Waals surface area contributed by atoms with E-state index in [0.29, 0.717) is 11.5 Å². The van der Waals surface area contributed by atoms with Crippen LogP contribution in [0.15, 0.2) is 35.5 Å². The van der Waals surface area contributed by atoms with Crippen LogP contribution < -0.4 is 21.1 Å². The summed E-state index contributed by atoms with van der Waals surface area (Å²) in [6.45, 7) is 3.17. The van der Waals surface area contributed by atoms with Crippen LogP contribution in [0.1, 0.15) is 0 Å². The molecule has 0 bridgehead atoms. The minimum Gasteiger partial charge on any atom is -0.396 e. The van der Waals surface area contributed by atoms with Gasteiger partial charge in [-0.15, -0.1) is 0 Å². The summed E-state index contributed by atoms with van der Waals surface area (Å²) in [7, 11) is 0. The summed E-state index contributed by atoms with van der Waals surface area (Å²) in [5.74, 6) is 1.54. The molecule has 1 saturated heterocycles. The van der Waals surface area contributed by atoms with E-state index in [0.717, 1.165) is 32.0 Å². The Morgan fingerprint density at radius 1 is 1.15 bits per heavy atom. The number of nitrogens with zero attached hydrogens (tertiary/aromatic N) is 4. The minimum atomic E-state index is -0.133. The highest BCUT2D eigenvalue weighted by atomic mass is 16.1. The number of rotatable bonds is 2. The number of nitrogens with two attached hydrogens (primary N) is 1. The van der Waals surface area contributed by atoms with Gasteiger partial charge in [0.15, 0.2) is 5.82 Å². The zero-order valence-corrected chi connectivity index (χ0v) is 11.0. The van der Waals surface area contributed by atoms with Gasteiger partial charge in [0, 0.05) is 38.4 Å². The highest BCUT2D eigenvalue weighted by Gasteiger charge is 2.20. The Bertz CT molecular complexity index is 647. The Morgan fingerprint density at radius 2 is 1.90 bits per heavy atom. The Hall–Kier alpha value is -2.57. The van der Waals surface area contributed by atoms with Gasteiger partial charge in [0.05, 0.1) is 12.0 Å². The van der Waals surface area contributed by atoms with Crippen LogP contribution >= 0.6 is 0 Å². The first-order valence-electron chi connectivity index (χ1n) is 6.49. The van der Waals surface area contributed by atoms with E-state index in [1.807, 2.05) is 12.1 Å². The maximum absolute atomic E-state index is 11.3. The van der Waals surface area contributed by atoms with E-state index in [4.69, 9.17) is 5.73 Å². The maximum Gasteiger partial charge on any atom is 0.252 e. The summed E-state index contributed by atoms with van der Waals surface area (Å²) in [5, 5.41) is 0. The molecule has 1 aliphatic heterocycles. The summed E-state index contributed by atoms with van der Waals surface area (Å²) >= 11 is 0. The second-order valence-electron chi connectivity index (χ2n) is 4.66. The molecule has 0 radical (unpaired) electrons. The van der Waals surface area contributed by atoms with Crippen LogP contribution in [-0.4, -0.2) is 41.1 Å². The molecule has 3 rings (SSSR count). The van der Waals surface area contributed by atoms with Crippen LogP contribution in [0.25, 0.3) is 0 Å². The number of nitrogens with one attached hydrogen (secondary N) is 1. The lowest BCUT2D eigenvalue weighted by molar-refractivity contribution is 0.641. The number of pyridine rings is 1. The third kappa shape index (κ3) is 2.42. The van der Waals surface area contributed by atoms with Crippen molar-refractivity contribution < 1.29 is 0 Å². The van der Waals surface area contributed by atoms with E-state index < -0.39 is 0 Å². The smallest absolute Gasteiger partial charge is 0.252 e. The summed E-state index contributed by atoms with van der Waals surface area (Å²) in [5.41, 5.74) is 6.50. The number of anilines is 3. The third-order valence-electron chi connectivity index (χ3n) is 3.38. The molecule has 1 fully saturated rings. The van der Waals surface area contributed by atoms with Crippen molar-refractivity contribution in [1.82, 2.24) is 15.0 Å². The monoisotopic (exact) mass is 272 g/mol. The molecular weight excluding hydrogens is 256 g/mol. The highest BCUT2D eigenvalue weighted by molar-refractivity contribution is 5.62. The molecule has 0 saturated carbocycles. The van der Waals surface area contributed by atoms with Gasteiger partial charge in [-0.3, -0.25) is 4.79 Å². The van der Waals surface area contributed by atoms with Crippen molar-refractivity contribution in [2.24, 2.45) is 0 Å². The van der Waals surface area contributed by atoms with E-state index >= 15 is 0 Å². The summed E-state index contributed by atoms with van der Waals surface area (Å²) in [6, 6.07) is 5.20. The van der Waals surface area contributed by atoms with Gasteiger partial charge in [-0.2, -0.15) is 0 Å². The van der Waals surface area contributed by atoms with Gasteiger partial charge in [-0.1, -0.05) is 0 Å². The standard InChI is InChI=1S/C13H16N6O/c14-10-2-1-3-15-13(10)19-6-4-18(5-7-19)11-8-12(20)17-9-16-11/h1-3,8-9H,4-7,14H2,(H,16,17,20). The summed E-state index contributed by atoms with van der Waals surface area (Å²) in [6.07, 6.45) is 3.18. The average molecular weight is 272 g/mol. The van der Waals surface area contributed by atoms with Gasteiger partial charge in [-0.05, 0) is 12.1 Å². The Labute approximate surface area is 116 Å². The molecule has 0 aliphatic carbocycles. The predicted molar refractivity (Wildman–Crippen MR) is 77.9 cm³/mol. The molecule has 104 valence electrons. The predicted octanol–water partition coefficient (Wildman–Crippen LogP) is 0.0737. The number of aromatic nitrogens is 3. The van der Waals surface area contributed by atoms with Gasteiger partial charge < -0.3 is 20.5 Å². The maximum atomic E-state index is 11.3. The van der Waals surface area contributed by atoms with Crippen LogP contribution in [0, 0.1) is 0 Å². The number of aromatic amines is 1.